The molecule has 3 nitrogen and oxygen atoms in total. The minimum atomic E-state index is -0.845. The van der Waals surface area contributed by atoms with Crippen LogP contribution in [0.25, 0.3) is 11.1 Å². The van der Waals surface area contributed by atoms with Crippen LogP contribution >= 0.6 is 0 Å². The Morgan fingerprint density at radius 2 is 1.29 bits per heavy atom. The second-order valence-electron chi connectivity index (χ2n) is 5.30. The van der Waals surface area contributed by atoms with E-state index >= 15 is 0 Å². The number of ketones is 1. The van der Waals surface area contributed by atoms with E-state index in [1.807, 2.05) is 72.8 Å². The molecule has 0 aliphatic heterocycles. The van der Waals surface area contributed by atoms with Crippen LogP contribution < -0.4 is 0 Å². The summed E-state index contributed by atoms with van der Waals surface area (Å²) in [6.07, 6.45) is 0. The second kappa shape index (κ2) is 7.38. The van der Waals surface area contributed by atoms with Gasteiger partial charge in [-0.05, 0) is 16.7 Å². The maximum absolute atomic E-state index is 12.5. The van der Waals surface area contributed by atoms with Crippen molar-refractivity contribution in [1.29, 1.82) is 0 Å². The topological polar surface area (TPSA) is 43.4 Å². The van der Waals surface area contributed by atoms with Gasteiger partial charge < -0.3 is 4.74 Å². The molecule has 0 spiro atoms. The minimum absolute atomic E-state index is 0.0823. The van der Waals surface area contributed by atoms with Crippen molar-refractivity contribution < 1.29 is 14.3 Å². The molecule has 0 N–H and O–H groups in total. The van der Waals surface area contributed by atoms with Gasteiger partial charge in [0.25, 0.3) is 5.78 Å². The zero-order chi connectivity index (χ0) is 16.8. The van der Waals surface area contributed by atoms with Crippen LogP contribution in [0.1, 0.15) is 15.9 Å². The fourth-order valence-electron chi connectivity index (χ4n) is 2.45. The lowest BCUT2D eigenvalue weighted by Crippen LogP contribution is -2.18. The van der Waals surface area contributed by atoms with Gasteiger partial charge in [-0.1, -0.05) is 84.9 Å². The summed E-state index contributed by atoms with van der Waals surface area (Å²) in [5, 5.41) is 0. The highest BCUT2D eigenvalue weighted by Gasteiger charge is 2.21. The van der Waals surface area contributed by atoms with Crippen molar-refractivity contribution in [3.05, 3.63) is 96.1 Å². The molecule has 0 aliphatic carbocycles. The Hall–Kier alpha value is -3.20. The van der Waals surface area contributed by atoms with E-state index in [1.165, 1.54) is 0 Å². The van der Waals surface area contributed by atoms with Gasteiger partial charge in [-0.15, -0.1) is 0 Å². The fourth-order valence-corrected chi connectivity index (χ4v) is 2.45. The van der Waals surface area contributed by atoms with Crippen molar-refractivity contribution in [3.8, 4) is 11.1 Å². The van der Waals surface area contributed by atoms with E-state index in [-0.39, 0.29) is 6.61 Å². The van der Waals surface area contributed by atoms with Crippen molar-refractivity contribution >= 4 is 11.8 Å². The first kappa shape index (κ1) is 15.7. The first-order valence-electron chi connectivity index (χ1n) is 7.65. The number of rotatable bonds is 5. The van der Waals surface area contributed by atoms with Crippen molar-refractivity contribution in [2.75, 3.05) is 0 Å². The first-order valence-corrected chi connectivity index (χ1v) is 7.65. The van der Waals surface area contributed by atoms with Crippen molar-refractivity contribution in [1.82, 2.24) is 0 Å². The van der Waals surface area contributed by atoms with E-state index < -0.39 is 11.8 Å². The highest BCUT2D eigenvalue weighted by molar-refractivity contribution is 6.41. The SMILES string of the molecule is O=C(OCc1ccccc1)C(=O)c1ccccc1-c1ccccc1. The molecule has 0 saturated carbocycles. The maximum Gasteiger partial charge on any atom is 0.380 e. The standard InChI is InChI=1S/C21H16O3/c22-20(21(23)24-15-16-9-3-1-4-10-16)19-14-8-7-13-18(19)17-11-5-2-6-12-17/h1-14H,15H2. The summed E-state index contributed by atoms with van der Waals surface area (Å²) in [5.74, 6) is -1.48. The van der Waals surface area contributed by atoms with Gasteiger partial charge in [0, 0.05) is 5.56 Å². The van der Waals surface area contributed by atoms with Crippen molar-refractivity contribution in [3.63, 3.8) is 0 Å². The molecule has 0 heterocycles. The van der Waals surface area contributed by atoms with Crippen molar-refractivity contribution in [2.24, 2.45) is 0 Å². The van der Waals surface area contributed by atoms with Gasteiger partial charge in [0.05, 0.1) is 0 Å². The van der Waals surface area contributed by atoms with Crippen molar-refractivity contribution in [2.45, 2.75) is 6.61 Å². The highest BCUT2D eigenvalue weighted by Crippen LogP contribution is 2.24. The Morgan fingerprint density at radius 3 is 2.00 bits per heavy atom. The summed E-state index contributed by atoms with van der Waals surface area (Å²) in [6.45, 7) is 0.0823. The van der Waals surface area contributed by atoms with Gasteiger partial charge in [0.2, 0.25) is 0 Å². The predicted octanol–water partition coefficient (Wildman–Crippen LogP) is 4.28. The summed E-state index contributed by atoms with van der Waals surface area (Å²) in [6, 6.07) is 25.8. The van der Waals surface area contributed by atoms with Crippen LogP contribution in [0.3, 0.4) is 0 Å². The van der Waals surface area contributed by atoms with Gasteiger partial charge in [-0.25, -0.2) is 4.79 Å². The molecule has 0 aromatic heterocycles. The van der Waals surface area contributed by atoms with Crippen LogP contribution in [0.5, 0.6) is 0 Å². The Kier molecular flexibility index (Phi) is 4.82. The summed E-state index contributed by atoms with van der Waals surface area (Å²) >= 11 is 0. The van der Waals surface area contributed by atoms with Crippen LogP contribution in [0.4, 0.5) is 0 Å². The van der Waals surface area contributed by atoms with Crippen LogP contribution in [-0.2, 0) is 16.1 Å². The number of hydrogen-bond donors (Lipinski definition) is 0. The summed E-state index contributed by atoms with van der Waals surface area (Å²) in [4.78, 5) is 24.6. The monoisotopic (exact) mass is 316 g/mol. The van der Waals surface area contributed by atoms with Crippen LogP contribution in [-0.4, -0.2) is 11.8 Å². The normalized spacial score (nSPS) is 10.2. The Bertz CT molecular complexity index is 839. The molecule has 3 rings (SSSR count). The third-order valence-electron chi connectivity index (χ3n) is 3.65. The quantitative estimate of drug-likeness (QED) is 0.401. The molecule has 0 radical (unpaired) electrons. The number of hydrogen-bond acceptors (Lipinski definition) is 3. The number of carbonyl (C=O) groups excluding carboxylic acids is 2. The molecule has 0 aliphatic rings. The predicted molar refractivity (Wildman–Crippen MR) is 92.4 cm³/mol. The highest BCUT2D eigenvalue weighted by atomic mass is 16.5. The van der Waals surface area contributed by atoms with E-state index in [2.05, 4.69) is 0 Å². The van der Waals surface area contributed by atoms with Gasteiger partial charge in [-0.3, -0.25) is 4.79 Å². The Morgan fingerprint density at radius 1 is 0.708 bits per heavy atom. The minimum Gasteiger partial charge on any atom is -0.455 e. The first-order chi connectivity index (χ1) is 11.8. The molecule has 24 heavy (non-hydrogen) atoms. The molecule has 3 heteroatoms. The molecule has 0 saturated heterocycles. The van der Waals surface area contributed by atoms with E-state index in [9.17, 15) is 9.59 Å². The Labute approximate surface area is 140 Å². The molecule has 0 fully saturated rings. The zero-order valence-electron chi connectivity index (χ0n) is 13.0. The molecule has 3 aromatic rings. The van der Waals surface area contributed by atoms with Crippen LogP contribution in [0.2, 0.25) is 0 Å². The maximum atomic E-state index is 12.5. The van der Waals surface area contributed by atoms with Gasteiger partial charge in [0.15, 0.2) is 0 Å². The number of benzene rings is 3. The average Bonchev–Trinajstić information content (AvgIpc) is 2.67. The Balaban J connectivity index is 1.79. The fraction of sp³-hybridized carbons (Fsp3) is 0.0476. The smallest absolute Gasteiger partial charge is 0.380 e. The summed E-state index contributed by atoms with van der Waals surface area (Å²) in [5.41, 5.74) is 2.80. The molecule has 118 valence electrons. The molecule has 3 aromatic carbocycles. The number of esters is 1. The third kappa shape index (κ3) is 3.58. The third-order valence-corrected chi connectivity index (χ3v) is 3.65. The molecule has 0 amide bonds. The number of ether oxygens (including phenoxy) is 1. The van der Waals surface area contributed by atoms with Gasteiger partial charge in [-0.2, -0.15) is 0 Å². The average molecular weight is 316 g/mol. The molecular weight excluding hydrogens is 300 g/mol. The van der Waals surface area contributed by atoms with Crippen LogP contribution in [0, 0.1) is 0 Å². The van der Waals surface area contributed by atoms with E-state index in [0.29, 0.717) is 5.56 Å². The zero-order valence-corrected chi connectivity index (χ0v) is 13.0. The lowest BCUT2D eigenvalue weighted by atomic mass is 9.97. The van der Waals surface area contributed by atoms with E-state index in [0.717, 1.165) is 16.7 Å². The second-order valence-corrected chi connectivity index (χ2v) is 5.30. The van der Waals surface area contributed by atoms with Crippen LogP contribution in [0.15, 0.2) is 84.9 Å². The largest absolute Gasteiger partial charge is 0.455 e. The molecule has 0 unspecified atom stereocenters. The lowest BCUT2D eigenvalue weighted by molar-refractivity contribution is -0.139. The summed E-state index contributed by atoms with van der Waals surface area (Å²) in [7, 11) is 0. The molecule has 0 bridgehead atoms. The van der Waals surface area contributed by atoms with E-state index in [1.54, 1.807) is 12.1 Å². The van der Waals surface area contributed by atoms with E-state index in [4.69, 9.17) is 4.74 Å². The van der Waals surface area contributed by atoms with Gasteiger partial charge in [0.1, 0.15) is 6.61 Å². The van der Waals surface area contributed by atoms with Gasteiger partial charge >= 0.3 is 5.97 Å². The molecule has 0 atom stereocenters. The lowest BCUT2D eigenvalue weighted by Gasteiger charge is -2.09. The summed E-state index contributed by atoms with van der Waals surface area (Å²) < 4.78 is 5.15. The number of carbonyl (C=O) groups is 2. The number of Topliss-reactive ketones (excluding diaryl/α,β-unsaturated/α-hetero) is 1. The molecular formula is C21H16O3.